The van der Waals surface area contributed by atoms with Gasteiger partial charge in [-0.3, -0.25) is 4.79 Å². The molecule has 2 rings (SSSR count). The maximum Gasteiger partial charge on any atom is 0.250 e. The molecule has 0 radical (unpaired) electrons. The Kier molecular flexibility index (Phi) is 3.76. The van der Waals surface area contributed by atoms with Crippen LogP contribution in [0.5, 0.6) is 0 Å². The molecule has 0 spiro atoms. The van der Waals surface area contributed by atoms with E-state index in [1.165, 1.54) is 0 Å². The predicted molar refractivity (Wildman–Crippen MR) is 65.3 cm³/mol. The molecule has 1 saturated carbocycles. The van der Waals surface area contributed by atoms with Crippen molar-refractivity contribution in [3.8, 4) is 0 Å². The molecule has 0 saturated heterocycles. The second-order valence-electron chi connectivity index (χ2n) is 4.58. The van der Waals surface area contributed by atoms with Gasteiger partial charge in [0.2, 0.25) is 0 Å². The number of nitrogens with two attached hydrogens (primary N) is 1. The summed E-state index contributed by atoms with van der Waals surface area (Å²) >= 11 is 0. The Labute approximate surface area is 101 Å². The molecule has 92 valence electrons. The fourth-order valence-corrected chi connectivity index (χ4v) is 1.71. The molecule has 4 N–H and O–H groups in total. The Morgan fingerprint density at radius 3 is 2.65 bits per heavy atom. The molecule has 4 heteroatoms. The minimum Gasteiger partial charge on any atom is -0.382 e. The third-order valence-corrected chi connectivity index (χ3v) is 2.91. The van der Waals surface area contributed by atoms with E-state index in [9.17, 15) is 9.90 Å². The number of amides is 1. The number of carbonyl (C=O) groups excluding carboxylic acids is 1. The fourth-order valence-electron chi connectivity index (χ4n) is 1.71. The molecule has 1 aliphatic carbocycles. The standard InChI is InChI=1S/C13H18N2O2/c14-11(8-9-4-2-1-3-5-9)12(16)13(17)15-10-6-7-10/h1-5,10-12,16H,6-8,14H2,(H,15,17). The van der Waals surface area contributed by atoms with Crippen molar-refractivity contribution in [1.82, 2.24) is 5.32 Å². The summed E-state index contributed by atoms with van der Waals surface area (Å²) in [6.45, 7) is 0. The molecule has 1 fully saturated rings. The number of nitrogens with one attached hydrogen (secondary N) is 1. The Bertz CT molecular complexity index is 376. The van der Waals surface area contributed by atoms with Crippen molar-refractivity contribution in [3.05, 3.63) is 35.9 Å². The van der Waals surface area contributed by atoms with Gasteiger partial charge in [-0.05, 0) is 24.8 Å². The lowest BCUT2D eigenvalue weighted by Gasteiger charge is -2.18. The number of benzene rings is 1. The lowest BCUT2D eigenvalue weighted by Crippen LogP contribution is -2.48. The zero-order valence-corrected chi connectivity index (χ0v) is 9.67. The first-order valence-electron chi connectivity index (χ1n) is 5.95. The summed E-state index contributed by atoms with van der Waals surface area (Å²) in [5, 5.41) is 12.5. The van der Waals surface area contributed by atoms with Crippen molar-refractivity contribution in [1.29, 1.82) is 0 Å². The molecule has 2 unspecified atom stereocenters. The average Bonchev–Trinajstić information content (AvgIpc) is 3.13. The third-order valence-electron chi connectivity index (χ3n) is 2.91. The van der Waals surface area contributed by atoms with Gasteiger partial charge in [-0.25, -0.2) is 0 Å². The highest BCUT2D eigenvalue weighted by Crippen LogP contribution is 2.18. The second-order valence-corrected chi connectivity index (χ2v) is 4.58. The number of hydrogen-bond acceptors (Lipinski definition) is 3. The predicted octanol–water partition coefficient (Wildman–Crippen LogP) is 0.196. The van der Waals surface area contributed by atoms with Gasteiger partial charge in [-0.1, -0.05) is 30.3 Å². The van der Waals surface area contributed by atoms with E-state index in [2.05, 4.69) is 5.32 Å². The van der Waals surface area contributed by atoms with Gasteiger partial charge >= 0.3 is 0 Å². The molecule has 1 aromatic rings. The summed E-state index contributed by atoms with van der Waals surface area (Å²) < 4.78 is 0. The van der Waals surface area contributed by atoms with Crippen LogP contribution in [0.4, 0.5) is 0 Å². The van der Waals surface area contributed by atoms with Gasteiger partial charge in [-0.2, -0.15) is 0 Å². The van der Waals surface area contributed by atoms with E-state index in [1.807, 2.05) is 30.3 Å². The monoisotopic (exact) mass is 234 g/mol. The molecule has 0 heterocycles. The fraction of sp³-hybridized carbons (Fsp3) is 0.462. The summed E-state index contributed by atoms with van der Waals surface area (Å²) in [5.41, 5.74) is 6.86. The van der Waals surface area contributed by atoms with Gasteiger partial charge in [-0.15, -0.1) is 0 Å². The number of aliphatic hydroxyl groups is 1. The Hall–Kier alpha value is -1.39. The van der Waals surface area contributed by atoms with E-state index in [0.29, 0.717) is 6.42 Å². The number of rotatable bonds is 5. The minimum absolute atomic E-state index is 0.251. The highest BCUT2D eigenvalue weighted by atomic mass is 16.3. The van der Waals surface area contributed by atoms with Crippen LogP contribution in [0.1, 0.15) is 18.4 Å². The van der Waals surface area contributed by atoms with Crippen LogP contribution in [0.2, 0.25) is 0 Å². The van der Waals surface area contributed by atoms with Crippen LogP contribution in [0.15, 0.2) is 30.3 Å². The number of hydrogen-bond donors (Lipinski definition) is 3. The van der Waals surface area contributed by atoms with Crippen LogP contribution in [0.3, 0.4) is 0 Å². The molecule has 1 aromatic carbocycles. The van der Waals surface area contributed by atoms with Crippen LogP contribution in [-0.4, -0.2) is 29.2 Å². The average molecular weight is 234 g/mol. The molecule has 1 aliphatic rings. The van der Waals surface area contributed by atoms with E-state index in [1.54, 1.807) is 0 Å². The summed E-state index contributed by atoms with van der Waals surface area (Å²) in [5.74, 6) is -0.351. The Morgan fingerprint density at radius 2 is 2.06 bits per heavy atom. The molecular formula is C13H18N2O2. The van der Waals surface area contributed by atoms with Crippen molar-refractivity contribution in [2.24, 2.45) is 5.73 Å². The third kappa shape index (κ3) is 3.54. The maximum absolute atomic E-state index is 11.6. The number of aliphatic hydroxyl groups excluding tert-OH is 1. The van der Waals surface area contributed by atoms with Crippen molar-refractivity contribution in [3.63, 3.8) is 0 Å². The van der Waals surface area contributed by atoms with Crippen LogP contribution >= 0.6 is 0 Å². The molecule has 0 bridgehead atoms. The summed E-state index contributed by atoms with van der Waals surface area (Å²) in [7, 11) is 0. The quantitative estimate of drug-likeness (QED) is 0.681. The summed E-state index contributed by atoms with van der Waals surface area (Å²) in [4.78, 5) is 11.6. The molecule has 0 aromatic heterocycles. The lowest BCUT2D eigenvalue weighted by atomic mass is 10.0. The van der Waals surface area contributed by atoms with Gasteiger partial charge in [0.05, 0.1) is 0 Å². The maximum atomic E-state index is 11.6. The highest BCUT2D eigenvalue weighted by molar-refractivity contribution is 5.81. The van der Waals surface area contributed by atoms with Crippen molar-refractivity contribution in [2.45, 2.75) is 37.5 Å². The molecule has 0 aliphatic heterocycles. The summed E-state index contributed by atoms with van der Waals surface area (Å²) in [6, 6.07) is 9.32. The topological polar surface area (TPSA) is 75.3 Å². The van der Waals surface area contributed by atoms with Crippen LogP contribution in [0, 0.1) is 0 Å². The largest absolute Gasteiger partial charge is 0.382 e. The first-order valence-corrected chi connectivity index (χ1v) is 5.95. The van der Waals surface area contributed by atoms with Gasteiger partial charge in [0.1, 0.15) is 6.10 Å². The lowest BCUT2D eigenvalue weighted by molar-refractivity contribution is -0.130. The Balaban J connectivity index is 1.85. The zero-order valence-electron chi connectivity index (χ0n) is 9.67. The van der Waals surface area contributed by atoms with Gasteiger partial charge in [0.25, 0.3) is 5.91 Å². The molecular weight excluding hydrogens is 216 g/mol. The van der Waals surface area contributed by atoms with Gasteiger partial charge < -0.3 is 16.2 Å². The second kappa shape index (κ2) is 5.29. The van der Waals surface area contributed by atoms with Gasteiger partial charge in [0.15, 0.2) is 0 Å². The molecule has 17 heavy (non-hydrogen) atoms. The normalized spacial score (nSPS) is 18.5. The zero-order chi connectivity index (χ0) is 12.3. The minimum atomic E-state index is -1.13. The molecule has 4 nitrogen and oxygen atoms in total. The van der Waals surface area contributed by atoms with E-state index < -0.39 is 12.1 Å². The van der Waals surface area contributed by atoms with E-state index in [-0.39, 0.29) is 11.9 Å². The van der Waals surface area contributed by atoms with Crippen LogP contribution < -0.4 is 11.1 Å². The number of carbonyl (C=O) groups is 1. The van der Waals surface area contributed by atoms with E-state index in [0.717, 1.165) is 18.4 Å². The van der Waals surface area contributed by atoms with Crippen molar-refractivity contribution >= 4 is 5.91 Å². The van der Waals surface area contributed by atoms with Gasteiger partial charge in [0, 0.05) is 12.1 Å². The van der Waals surface area contributed by atoms with E-state index >= 15 is 0 Å². The SMILES string of the molecule is NC(Cc1ccccc1)C(O)C(=O)NC1CC1. The summed E-state index contributed by atoms with van der Waals surface area (Å²) in [6.07, 6.45) is 1.38. The highest BCUT2D eigenvalue weighted by Gasteiger charge is 2.29. The first kappa shape index (κ1) is 12.1. The smallest absolute Gasteiger partial charge is 0.250 e. The van der Waals surface area contributed by atoms with Crippen LogP contribution in [0.25, 0.3) is 0 Å². The Morgan fingerprint density at radius 1 is 1.41 bits per heavy atom. The van der Waals surface area contributed by atoms with E-state index in [4.69, 9.17) is 5.73 Å². The van der Waals surface area contributed by atoms with Crippen molar-refractivity contribution < 1.29 is 9.90 Å². The first-order chi connectivity index (χ1) is 8.16. The van der Waals surface area contributed by atoms with Crippen LogP contribution in [-0.2, 0) is 11.2 Å². The van der Waals surface area contributed by atoms with Crippen molar-refractivity contribution in [2.75, 3.05) is 0 Å². The molecule has 2 atom stereocenters. The molecule has 1 amide bonds.